The number of hydrogen-bond donors (Lipinski definition) is 0. The average molecular weight is 274 g/mol. The number of likely N-dealkylation sites (N-methyl/N-ethyl adjacent to an activating group) is 1. The van der Waals surface area contributed by atoms with E-state index in [1.807, 2.05) is 6.07 Å². The van der Waals surface area contributed by atoms with Gasteiger partial charge in [0.2, 0.25) is 0 Å². The van der Waals surface area contributed by atoms with E-state index in [0.717, 1.165) is 31.7 Å². The zero-order valence-corrected chi connectivity index (χ0v) is 11.7. The molecule has 0 N–H and O–H groups in total. The van der Waals surface area contributed by atoms with Crippen LogP contribution in [0.4, 0.5) is 0 Å². The molecule has 5 heteroatoms. The van der Waals surface area contributed by atoms with Crippen LogP contribution in [0.3, 0.4) is 0 Å². The Morgan fingerprint density at radius 2 is 2.12 bits per heavy atom. The molecule has 0 aliphatic carbocycles. The second-order valence-corrected chi connectivity index (χ2v) is 5.39. The van der Waals surface area contributed by atoms with Crippen LogP contribution in [0, 0.1) is 0 Å². The summed E-state index contributed by atoms with van der Waals surface area (Å²) in [7, 11) is 2.17. The minimum atomic E-state index is 0.450. The molecule has 2 heterocycles. The third-order valence-corrected chi connectivity index (χ3v) is 3.87. The summed E-state index contributed by atoms with van der Waals surface area (Å²) in [5, 5.41) is 0.967. The molecule has 0 aromatic carbocycles. The zero-order chi connectivity index (χ0) is 12.4. The second-order valence-electron chi connectivity index (χ2n) is 4.65. The van der Waals surface area contributed by atoms with Crippen LogP contribution in [0.1, 0.15) is 12.5 Å². The summed E-state index contributed by atoms with van der Waals surface area (Å²) < 4.78 is 0. The largest absolute Gasteiger partial charge is 0.301 e. The molecule has 0 radical (unpaired) electrons. The number of hydrogen-bond acceptors (Lipinski definition) is 3. The molecule has 17 heavy (non-hydrogen) atoms. The molecule has 3 nitrogen and oxygen atoms in total. The van der Waals surface area contributed by atoms with Crippen molar-refractivity contribution in [3.63, 3.8) is 0 Å². The van der Waals surface area contributed by atoms with Gasteiger partial charge < -0.3 is 4.90 Å². The molecule has 0 amide bonds. The lowest BCUT2D eigenvalue weighted by Crippen LogP contribution is -2.49. The van der Waals surface area contributed by atoms with E-state index in [-0.39, 0.29) is 0 Å². The van der Waals surface area contributed by atoms with Crippen molar-refractivity contribution in [1.29, 1.82) is 0 Å². The first-order chi connectivity index (χ1) is 8.06. The van der Waals surface area contributed by atoms with E-state index in [1.165, 1.54) is 0 Å². The Bertz CT molecular complexity index is 397. The smallest absolute Gasteiger partial charge is 0.135 e. The van der Waals surface area contributed by atoms with Crippen molar-refractivity contribution >= 4 is 23.2 Å². The summed E-state index contributed by atoms with van der Waals surface area (Å²) in [4.78, 5) is 8.84. The van der Waals surface area contributed by atoms with Gasteiger partial charge in [0.1, 0.15) is 10.3 Å². The van der Waals surface area contributed by atoms with Gasteiger partial charge in [0.15, 0.2) is 0 Å². The maximum absolute atomic E-state index is 6.08. The number of rotatable bonds is 2. The van der Waals surface area contributed by atoms with Crippen molar-refractivity contribution in [2.45, 2.75) is 19.5 Å². The van der Waals surface area contributed by atoms with Crippen LogP contribution in [-0.4, -0.2) is 47.5 Å². The molecule has 1 atom stereocenters. The fourth-order valence-electron chi connectivity index (χ4n) is 2.07. The minimum absolute atomic E-state index is 0.450. The monoisotopic (exact) mass is 273 g/mol. The number of halogens is 2. The highest BCUT2D eigenvalue weighted by Gasteiger charge is 2.21. The van der Waals surface area contributed by atoms with E-state index < -0.39 is 0 Å². The number of nitrogens with zero attached hydrogens (tertiary/aromatic N) is 3. The van der Waals surface area contributed by atoms with Crippen molar-refractivity contribution in [2.75, 3.05) is 26.7 Å². The summed E-state index contributed by atoms with van der Waals surface area (Å²) in [6.07, 6.45) is 0. The maximum Gasteiger partial charge on any atom is 0.135 e. The van der Waals surface area contributed by atoms with Crippen molar-refractivity contribution in [1.82, 2.24) is 14.8 Å². The van der Waals surface area contributed by atoms with Crippen LogP contribution in [-0.2, 0) is 6.54 Å². The Morgan fingerprint density at radius 1 is 1.35 bits per heavy atom. The van der Waals surface area contributed by atoms with Crippen LogP contribution < -0.4 is 0 Å². The second kappa shape index (κ2) is 5.53. The van der Waals surface area contributed by atoms with E-state index in [9.17, 15) is 0 Å². The lowest BCUT2D eigenvalue weighted by molar-refractivity contribution is 0.0999. The van der Waals surface area contributed by atoms with Crippen molar-refractivity contribution in [3.8, 4) is 0 Å². The van der Waals surface area contributed by atoms with Gasteiger partial charge in [-0.15, -0.1) is 0 Å². The van der Waals surface area contributed by atoms with Gasteiger partial charge in [-0.1, -0.05) is 29.3 Å². The highest BCUT2D eigenvalue weighted by atomic mass is 35.5. The van der Waals surface area contributed by atoms with E-state index in [1.54, 1.807) is 6.07 Å². The Kier molecular flexibility index (Phi) is 4.26. The standard InChI is InChI=1S/C12H17Cl2N3/c1-9-7-17(6-5-16(9)2)8-10-3-4-11(13)15-12(10)14/h3-4,9H,5-8H2,1-2H3. The molecule has 0 spiro atoms. The Labute approximate surface area is 112 Å². The quantitative estimate of drug-likeness (QED) is 0.772. The molecule has 2 rings (SSSR count). The predicted molar refractivity (Wildman–Crippen MR) is 71.6 cm³/mol. The molecular weight excluding hydrogens is 257 g/mol. The zero-order valence-electron chi connectivity index (χ0n) is 10.2. The Hall–Kier alpha value is -0.350. The third-order valence-electron chi connectivity index (χ3n) is 3.33. The fraction of sp³-hybridized carbons (Fsp3) is 0.583. The van der Waals surface area contributed by atoms with Gasteiger partial charge in [-0.05, 0) is 20.0 Å². The summed E-state index contributed by atoms with van der Waals surface area (Å²) in [5.41, 5.74) is 1.05. The van der Waals surface area contributed by atoms with Crippen molar-refractivity contribution in [3.05, 3.63) is 28.0 Å². The molecule has 0 saturated carbocycles. The highest BCUT2D eigenvalue weighted by Crippen LogP contribution is 2.19. The molecular formula is C12H17Cl2N3. The van der Waals surface area contributed by atoms with E-state index >= 15 is 0 Å². The Morgan fingerprint density at radius 3 is 2.76 bits per heavy atom. The highest BCUT2D eigenvalue weighted by molar-refractivity contribution is 6.32. The molecule has 1 aliphatic rings. The van der Waals surface area contributed by atoms with Crippen molar-refractivity contribution < 1.29 is 0 Å². The van der Waals surface area contributed by atoms with E-state index in [0.29, 0.717) is 16.3 Å². The van der Waals surface area contributed by atoms with Crippen LogP contribution in [0.2, 0.25) is 10.3 Å². The molecule has 1 saturated heterocycles. The number of pyridine rings is 1. The summed E-state index contributed by atoms with van der Waals surface area (Å²) in [5.74, 6) is 0. The van der Waals surface area contributed by atoms with E-state index in [4.69, 9.17) is 23.2 Å². The molecule has 1 unspecified atom stereocenters. The van der Waals surface area contributed by atoms with Gasteiger partial charge in [0.05, 0.1) is 0 Å². The fourth-order valence-corrected chi connectivity index (χ4v) is 2.47. The van der Waals surface area contributed by atoms with Crippen LogP contribution in [0.15, 0.2) is 12.1 Å². The Balaban J connectivity index is 2.01. The van der Waals surface area contributed by atoms with Gasteiger partial charge in [-0.25, -0.2) is 4.98 Å². The average Bonchev–Trinajstić information content (AvgIpc) is 2.27. The minimum Gasteiger partial charge on any atom is -0.301 e. The van der Waals surface area contributed by atoms with Gasteiger partial charge >= 0.3 is 0 Å². The number of piperazine rings is 1. The molecule has 94 valence electrons. The lowest BCUT2D eigenvalue weighted by atomic mass is 10.2. The molecule has 1 aromatic rings. The van der Waals surface area contributed by atoms with Crippen LogP contribution in [0.25, 0.3) is 0 Å². The van der Waals surface area contributed by atoms with Crippen LogP contribution >= 0.6 is 23.2 Å². The first-order valence-electron chi connectivity index (χ1n) is 5.80. The van der Waals surface area contributed by atoms with Gasteiger partial charge in [0.25, 0.3) is 0 Å². The summed E-state index contributed by atoms with van der Waals surface area (Å²) >= 11 is 11.9. The van der Waals surface area contributed by atoms with Crippen molar-refractivity contribution in [2.24, 2.45) is 0 Å². The molecule has 1 aliphatic heterocycles. The predicted octanol–water partition coefficient (Wildman–Crippen LogP) is 2.52. The SMILES string of the molecule is CC1CN(Cc2ccc(Cl)nc2Cl)CCN1C. The first-order valence-corrected chi connectivity index (χ1v) is 6.55. The number of aromatic nitrogens is 1. The molecule has 1 aromatic heterocycles. The lowest BCUT2D eigenvalue weighted by Gasteiger charge is -2.37. The molecule has 0 bridgehead atoms. The normalized spacial score (nSPS) is 22.9. The molecule has 1 fully saturated rings. The summed E-state index contributed by atoms with van der Waals surface area (Å²) in [6.45, 7) is 6.32. The van der Waals surface area contributed by atoms with Gasteiger partial charge in [0, 0.05) is 37.8 Å². The van der Waals surface area contributed by atoms with E-state index in [2.05, 4.69) is 28.8 Å². The van der Waals surface area contributed by atoms with Gasteiger partial charge in [-0.2, -0.15) is 0 Å². The topological polar surface area (TPSA) is 19.4 Å². The maximum atomic E-state index is 6.08. The summed E-state index contributed by atoms with van der Waals surface area (Å²) in [6, 6.07) is 4.34. The first kappa shape index (κ1) is 13.1. The van der Waals surface area contributed by atoms with Gasteiger partial charge in [-0.3, -0.25) is 4.90 Å². The third kappa shape index (κ3) is 3.32. The van der Waals surface area contributed by atoms with Crippen LogP contribution in [0.5, 0.6) is 0 Å².